The normalized spacial score (nSPS) is 10.2. The predicted molar refractivity (Wildman–Crippen MR) is 58.8 cm³/mol. The Morgan fingerprint density at radius 2 is 2.07 bits per heavy atom. The summed E-state index contributed by atoms with van der Waals surface area (Å²) in [7, 11) is 1.99. The molecule has 0 spiro atoms. The lowest BCUT2D eigenvalue weighted by Gasteiger charge is -2.05. The van der Waals surface area contributed by atoms with Crippen molar-refractivity contribution in [2.24, 2.45) is 7.05 Å². The molecule has 15 heavy (non-hydrogen) atoms. The van der Waals surface area contributed by atoms with E-state index in [0.717, 1.165) is 18.0 Å². The summed E-state index contributed by atoms with van der Waals surface area (Å²) in [6.07, 6.45) is 4.58. The van der Waals surface area contributed by atoms with Gasteiger partial charge in [-0.25, -0.2) is 4.98 Å². The fourth-order valence-electron chi connectivity index (χ4n) is 1.41. The first kappa shape index (κ1) is 9.77. The molecule has 3 nitrogen and oxygen atoms in total. The number of nitrogens with zero attached hydrogens (tertiary/aromatic N) is 2. The maximum atomic E-state index is 5.58. The van der Waals surface area contributed by atoms with Crippen molar-refractivity contribution in [3.8, 4) is 5.75 Å². The highest BCUT2D eigenvalue weighted by molar-refractivity contribution is 5.20. The molecule has 0 aliphatic heterocycles. The number of imidazole rings is 1. The van der Waals surface area contributed by atoms with Crippen LogP contribution in [0.3, 0.4) is 0 Å². The zero-order valence-electron chi connectivity index (χ0n) is 8.76. The summed E-state index contributed by atoms with van der Waals surface area (Å²) >= 11 is 0. The van der Waals surface area contributed by atoms with E-state index in [4.69, 9.17) is 4.74 Å². The highest BCUT2D eigenvalue weighted by Crippen LogP contribution is 2.08. The van der Waals surface area contributed by atoms with Gasteiger partial charge in [0.05, 0.1) is 6.61 Å². The van der Waals surface area contributed by atoms with Gasteiger partial charge >= 0.3 is 0 Å². The van der Waals surface area contributed by atoms with Crippen molar-refractivity contribution < 1.29 is 4.74 Å². The van der Waals surface area contributed by atoms with Gasteiger partial charge < -0.3 is 9.30 Å². The minimum Gasteiger partial charge on any atom is -0.493 e. The maximum Gasteiger partial charge on any atom is 0.119 e. The van der Waals surface area contributed by atoms with Crippen LogP contribution in [0, 0.1) is 0 Å². The van der Waals surface area contributed by atoms with Crippen molar-refractivity contribution in [3.63, 3.8) is 0 Å². The van der Waals surface area contributed by atoms with E-state index in [1.165, 1.54) is 0 Å². The number of aryl methyl sites for hydroxylation is 1. The Balaban J connectivity index is 1.83. The van der Waals surface area contributed by atoms with Crippen LogP contribution in [-0.4, -0.2) is 16.2 Å². The molecular weight excluding hydrogens is 188 g/mol. The van der Waals surface area contributed by atoms with Crippen LogP contribution >= 0.6 is 0 Å². The minimum absolute atomic E-state index is 0.662. The maximum absolute atomic E-state index is 5.58. The topological polar surface area (TPSA) is 27.1 Å². The van der Waals surface area contributed by atoms with Gasteiger partial charge in [-0.1, -0.05) is 18.2 Å². The molecule has 3 heteroatoms. The zero-order chi connectivity index (χ0) is 10.5. The SMILES string of the molecule is Cn1ccnc1CCOc1ccccc1. The molecule has 2 aromatic rings. The summed E-state index contributed by atoms with van der Waals surface area (Å²) in [4.78, 5) is 4.23. The summed E-state index contributed by atoms with van der Waals surface area (Å²) in [6.45, 7) is 0.662. The molecule has 0 amide bonds. The van der Waals surface area contributed by atoms with Crippen LogP contribution in [0.5, 0.6) is 5.75 Å². The average Bonchev–Trinajstić information content (AvgIpc) is 2.66. The van der Waals surface area contributed by atoms with Gasteiger partial charge in [0.1, 0.15) is 11.6 Å². The van der Waals surface area contributed by atoms with Crippen LogP contribution in [0.15, 0.2) is 42.7 Å². The molecular formula is C12H14N2O. The first-order valence-corrected chi connectivity index (χ1v) is 5.00. The highest BCUT2D eigenvalue weighted by atomic mass is 16.5. The van der Waals surface area contributed by atoms with Crippen LogP contribution in [0.1, 0.15) is 5.82 Å². The second kappa shape index (κ2) is 4.64. The summed E-state index contributed by atoms with van der Waals surface area (Å²) < 4.78 is 7.59. The molecule has 0 saturated carbocycles. The number of hydrogen-bond acceptors (Lipinski definition) is 2. The largest absolute Gasteiger partial charge is 0.493 e. The van der Waals surface area contributed by atoms with E-state index in [9.17, 15) is 0 Å². The van der Waals surface area contributed by atoms with E-state index in [2.05, 4.69) is 4.98 Å². The van der Waals surface area contributed by atoms with Crippen molar-refractivity contribution in [1.82, 2.24) is 9.55 Å². The third-order valence-corrected chi connectivity index (χ3v) is 2.26. The fraction of sp³-hybridized carbons (Fsp3) is 0.250. The van der Waals surface area contributed by atoms with Gasteiger partial charge in [-0.2, -0.15) is 0 Å². The Hall–Kier alpha value is -1.77. The Bertz CT molecular complexity index is 409. The third kappa shape index (κ3) is 2.59. The van der Waals surface area contributed by atoms with Gasteiger partial charge in [-0.3, -0.25) is 0 Å². The van der Waals surface area contributed by atoms with Crippen LogP contribution < -0.4 is 4.74 Å². The first-order valence-electron chi connectivity index (χ1n) is 5.00. The number of benzene rings is 1. The quantitative estimate of drug-likeness (QED) is 0.758. The van der Waals surface area contributed by atoms with Gasteiger partial charge in [-0.15, -0.1) is 0 Å². The monoisotopic (exact) mass is 202 g/mol. The van der Waals surface area contributed by atoms with Gasteiger partial charge in [-0.05, 0) is 12.1 Å². The van der Waals surface area contributed by atoms with Crippen LogP contribution in [-0.2, 0) is 13.5 Å². The second-order valence-corrected chi connectivity index (χ2v) is 3.37. The molecule has 0 aliphatic carbocycles. The lowest BCUT2D eigenvalue weighted by Crippen LogP contribution is -2.05. The Kier molecular flexibility index (Phi) is 3.02. The molecule has 0 saturated heterocycles. The number of aromatic nitrogens is 2. The van der Waals surface area contributed by atoms with Crippen molar-refractivity contribution in [1.29, 1.82) is 0 Å². The van der Waals surface area contributed by atoms with Crippen molar-refractivity contribution in [2.45, 2.75) is 6.42 Å². The van der Waals surface area contributed by atoms with Crippen molar-refractivity contribution >= 4 is 0 Å². The third-order valence-electron chi connectivity index (χ3n) is 2.26. The number of para-hydroxylation sites is 1. The molecule has 0 N–H and O–H groups in total. The summed E-state index contributed by atoms with van der Waals surface area (Å²) in [5.74, 6) is 1.96. The molecule has 1 heterocycles. The first-order chi connectivity index (χ1) is 7.36. The summed E-state index contributed by atoms with van der Waals surface area (Å²) in [6, 6.07) is 9.83. The molecule has 78 valence electrons. The van der Waals surface area contributed by atoms with Crippen molar-refractivity contribution in [2.75, 3.05) is 6.61 Å². The Labute approximate surface area is 89.3 Å². The standard InChI is InChI=1S/C12H14N2O/c1-14-9-8-13-12(14)7-10-15-11-5-3-2-4-6-11/h2-6,8-9H,7,10H2,1H3. The smallest absolute Gasteiger partial charge is 0.119 e. The van der Waals surface area contributed by atoms with Crippen LogP contribution in [0.4, 0.5) is 0 Å². The molecule has 2 rings (SSSR count). The highest BCUT2D eigenvalue weighted by Gasteiger charge is 1.99. The molecule has 0 radical (unpaired) electrons. The van der Waals surface area contributed by atoms with E-state index in [1.807, 2.05) is 48.1 Å². The van der Waals surface area contributed by atoms with E-state index in [-0.39, 0.29) is 0 Å². The number of ether oxygens (including phenoxy) is 1. The molecule has 1 aromatic carbocycles. The average molecular weight is 202 g/mol. The van der Waals surface area contributed by atoms with Gasteiger partial charge in [0.25, 0.3) is 0 Å². The molecule has 0 aliphatic rings. The second-order valence-electron chi connectivity index (χ2n) is 3.37. The summed E-state index contributed by atoms with van der Waals surface area (Å²) in [5, 5.41) is 0. The molecule has 0 unspecified atom stereocenters. The predicted octanol–water partition coefficient (Wildman–Crippen LogP) is 2.04. The summed E-state index contributed by atoms with van der Waals surface area (Å²) in [5.41, 5.74) is 0. The van der Waals surface area contributed by atoms with Crippen LogP contribution in [0.25, 0.3) is 0 Å². The van der Waals surface area contributed by atoms with Gasteiger partial charge in [0, 0.05) is 25.9 Å². The van der Waals surface area contributed by atoms with E-state index < -0.39 is 0 Å². The lowest BCUT2D eigenvalue weighted by atomic mass is 10.3. The van der Waals surface area contributed by atoms with Crippen LogP contribution in [0.2, 0.25) is 0 Å². The molecule has 0 fully saturated rings. The lowest BCUT2D eigenvalue weighted by molar-refractivity contribution is 0.317. The van der Waals surface area contributed by atoms with Crippen molar-refractivity contribution in [3.05, 3.63) is 48.5 Å². The molecule has 0 bridgehead atoms. The minimum atomic E-state index is 0.662. The number of hydrogen-bond donors (Lipinski definition) is 0. The van der Waals surface area contributed by atoms with E-state index in [0.29, 0.717) is 6.61 Å². The van der Waals surface area contributed by atoms with E-state index in [1.54, 1.807) is 6.20 Å². The number of rotatable bonds is 4. The molecule has 1 aromatic heterocycles. The Morgan fingerprint density at radius 1 is 1.27 bits per heavy atom. The van der Waals surface area contributed by atoms with Gasteiger partial charge in [0.15, 0.2) is 0 Å². The zero-order valence-corrected chi connectivity index (χ0v) is 8.76. The van der Waals surface area contributed by atoms with E-state index >= 15 is 0 Å². The Morgan fingerprint density at radius 3 is 2.73 bits per heavy atom. The molecule has 0 atom stereocenters. The van der Waals surface area contributed by atoms with Gasteiger partial charge in [0.2, 0.25) is 0 Å². The fourth-order valence-corrected chi connectivity index (χ4v) is 1.41.